The molecule has 0 bridgehead atoms. The quantitative estimate of drug-likeness (QED) is 0.0110. The molecule has 0 radical (unpaired) electrons. The van der Waals surface area contributed by atoms with E-state index in [-0.39, 0.29) is 57.4 Å². The van der Waals surface area contributed by atoms with Gasteiger partial charge in [0.15, 0.2) is 6.10 Å². The molecular formula is C63H108N2O9. The lowest BCUT2D eigenvalue weighted by molar-refractivity contribution is -0.167. The molecule has 0 heterocycles. The van der Waals surface area contributed by atoms with Crippen LogP contribution in [0, 0.1) is 12.5 Å². The highest BCUT2D eigenvalue weighted by Crippen LogP contribution is 2.18. The minimum Gasteiger partial charge on any atom is -0.462 e. The Labute approximate surface area is 452 Å². The second-order valence-corrected chi connectivity index (χ2v) is 20.0. The Morgan fingerprint density at radius 1 is 0.459 bits per heavy atom. The van der Waals surface area contributed by atoms with Crippen LogP contribution in [0.1, 0.15) is 265 Å². The summed E-state index contributed by atoms with van der Waals surface area (Å²) in [6.07, 6.45) is 60.1. The molecule has 1 unspecified atom stereocenters. The SMILES string of the molecule is C#C/N=C\N(C)CCCOC(=O)OC(CCCCCCCCCCCC)CCC(=O)OC(COC(=O)CCCCCCC/C=C\C/C=C\CCCCC)COC(=O)CCCCCCC/C=C\C/C=C\CCCCC. The third-order valence-electron chi connectivity index (χ3n) is 12.8. The molecule has 0 spiro atoms. The zero-order chi connectivity index (χ0) is 54.1. The van der Waals surface area contributed by atoms with E-state index in [1.54, 1.807) is 4.90 Å². The van der Waals surface area contributed by atoms with Crippen molar-refractivity contribution in [3.8, 4) is 12.5 Å². The standard InChI is InChI=1S/C63H108N2O9/c1-6-10-13-16-19-22-25-27-29-31-33-36-39-42-45-49-60(66)71-55-59(56-72-61(67)50-46-43-40-37-34-32-30-28-26-23-20-17-14-11-7-2)73-62(68)52-51-58(48-44-41-38-35-24-21-18-15-12-8-3)74-63(69)70-54-47-53-65(5)57-64-9-4/h4,19-20,22-23,27-30,57-59H,6-8,10-18,21,24-26,31-56H2,1-3,5H3/b22-19-,23-20-,29-27-,30-28-,64-57-. The van der Waals surface area contributed by atoms with Crippen LogP contribution in [-0.2, 0) is 38.1 Å². The van der Waals surface area contributed by atoms with Gasteiger partial charge in [0.2, 0.25) is 0 Å². The van der Waals surface area contributed by atoms with Crippen molar-refractivity contribution in [2.75, 3.05) is 33.4 Å². The van der Waals surface area contributed by atoms with Gasteiger partial charge in [-0.3, -0.25) is 14.4 Å². The van der Waals surface area contributed by atoms with Crippen LogP contribution in [0.3, 0.4) is 0 Å². The summed E-state index contributed by atoms with van der Waals surface area (Å²) in [5.41, 5.74) is 0. The van der Waals surface area contributed by atoms with Crippen molar-refractivity contribution in [1.29, 1.82) is 0 Å². The molecule has 0 rings (SSSR count). The average Bonchev–Trinajstić information content (AvgIpc) is 3.39. The summed E-state index contributed by atoms with van der Waals surface area (Å²) < 4.78 is 28.1. The van der Waals surface area contributed by atoms with Gasteiger partial charge in [-0.1, -0.05) is 198 Å². The number of aliphatic imine (C=N–C) groups is 1. The Bertz CT molecular complexity index is 1450. The number of carbonyl (C=O) groups excluding carboxylic acids is 4. The highest BCUT2D eigenvalue weighted by molar-refractivity contribution is 5.71. The number of hydrogen-bond acceptors (Lipinski definition) is 10. The van der Waals surface area contributed by atoms with Gasteiger partial charge < -0.3 is 28.6 Å². The van der Waals surface area contributed by atoms with E-state index >= 15 is 0 Å². The zero-order valence-electron chi connectivity index (χ0n) is 47.7. The van der Waals surface area contributed by atoms with Crippen molar-refractivity contribution in [2.45, 2.75) is 277 Å². The normalized spacial score (nSPS) is 12.2. The molecule has 0 saturated carbocycles. The number of nitrogens with zero attached hydrogens (tertiary/aromatic N) is 2. The molecule has 0 aromatic carbocycles. The first kappa shape index (κ1) is 69.7. The monoisotopic (exact) mass is 1040 g/mol. The van der Waals surface area contributed by atoms with Crippen LogP contribution in [-0.4, -0.2) is 80.9 Å². The Hall–Kier alpha value is -4.33. The van der Waals surface area contributed by atoms with Gasteiger partial charge in [0.25, 0.3) is 0 Å². The van der Waals surface area contributed by atoms with Crippen LogP contribution in [0.4, 0.5) is 4.79 Å². The highest BCUT2D eigenvalue weighted by Gasteiger charge is 2.22. The number of allylic oxidation sites excluding steroid dienone is 8. The summed E-state index contributed by atoms with van der Waals surface area (Å²) >= 11 is 0. The Balaban J connectivity index is 5.18. The van der Waals surface area contributed by atoms with Gasteiger partial charge in [-0.15, -0.1) is 0 Å². The van der Waals surface area contributed by atoms with Crippen LogP contribution < -0.4 is 0 Å². The summed E-state index contributed by atoms with van der Waals surface area (Å²) in [5.74, 6) is -1.29. The van der Waals surface area contributed by atoms with Crippen LogP contribution in [0.2, 0.25) is 0 Å². The van der Waals surface area contributed by atoms with Crippen molar-refractivity contribution in [3.05, 3.63) is 48.6 Å². The summed E-state index contributed by atoms with van der Waals surface area (Å²) in [7, 11) is 1.83. The Morgan fingerprint density at radius 3 is 1.35 bits per heavy atom. The van der Waals surface area contributed by atoms with Crippen molar-refractivity contribution >= 4 is 30.4 Å². The molecule has 0 saturated heterocycles. The van der Waals surface area contributed by atoms with Gasteiger partial charge in [0.1, 0.15) is 25.7 Å². The second kappa shape index (κ2) is 56.4. The molecule has 11 heteroatoms. The second-order valence-electron chi connectivity index (χ2n) is 20.0. The molecule has 74 heavy (non-hydrogen) atoms. The molecule has 0 fully saturated rings. The summed E-state index contributed by atoms with van der Waals surface area (Å²) in [6.45, 7) is 7.01. The molecular weight excluding hydrogens is 929 g/mol. The Kier molecular flexibility index (Phi) is 53.1. The number of terminal acetylenes is 1. The van der Waals surface area contributed by atoms with Crippen LogP contribution in [0.5, 0.6) is 0 Å². The summed E-state index contributed by atoms with van der Waals surface area (Å²) in [4.78, 5) is 57.4. The minimum atomic E-state index is -0.959. The lowest BCUT2D eigenvalue weighted by Crippen LogP contribution is -2.31. The van der Waals surface area contributed by atoms with E-state index in [0.717, 1.165) is 96.3 Å². The van der Waals surface area contributed by atoms with E-state index in [9.17, 15) is 19.2 Å². The fourth-order valence-corrected chi connectivity index (χ4v) is 8.27. The van der Waals surface area contributed by atoms with Crippen LogP contribution in [0.25, 0.3) is 0 Å². The van der Waals surface area contributed by atoms with Crippen LogP contribution in [0.15, 0.2) is 53.6 Å². The smallest absolute Gasteiger partial charge is 0.462 e. The molecule has 0 aromatic rings. The number of esters is 3. The van der Waals surface area contributed by atoms with Gasteiger partial charge >= 0.3 is 24.1 Å². The predicted molar refractivity (Wildman–Crippen MR) is 307 cm³/mol. The first-order valence-corrected chi connectivity index (χ1v) is 29.9. The van der Waals surface area contributed by atoms with E-state index in [1.807, 2.05) is 7.05 Å². The summed E-state index contributed by atoms with van der Waals surface area (Å²) in [6, 6.07) is 2.21. The predicted octanol–water partition coefficient (Wildman–Crippen LogP) is 17.2. The maximum absolute atomic E-state index is 13.4. The molecule has 424 valence electrons. The topological polar surface area (TPSA) is 130 Å². The van der Waals surface area contributed by atoms with Crippen molar-refractivity contribution in [2.24, 2.45) is 4.99 Å². The van der Waals surface area contributed by atoms with Crippen molar-refractivity contribution in [3.63, 3.8) is 0 Å². The molecule has 0 amide bonds. The third kappa shape index (κ3) is 52.5. The van der Waals surface area contributed by atoms with E-state index in [1.165, 1.54) is 103 Å². The molecule has 0 aromatic heterocycles. The van der Waals surface area contributed by atoms with Crippen molar-refractivity contribution < 1.29 is 42.9 Å². The first-order valence-electron chi connectivity index (χ1n) is 29.9. The van der Waals surface area contributed by atoms with E-state index in [4.69, 9.17) is 30.1 Å². The molecule has 0 aliphatic carbocycles. The van der Waals surface area contributed by atoms with Gasteiger partial charge in [0.05, 0.1) is 6.61 Å². The maximum Gasteiger partial charge on any atom is 0.508 e. The molecule has 0 aliphatic rings. The molecule has 11 nitrogen and oxygen atoms in total. The summed E-state index contributed by atoms with van der Waals surface area (Å²) in [5, 5.41) is 0. The fraction of sp³-hybridized carbons (Fsp3) is 0.762. The van der Waals surface area contributed by atoms with Gasteiger partial charge in [-0.2, -0.15) is 4.99 Å². The highest BCUT2D eigenvalue weighted by atomic mass is 16.7. The molecule has 0 aliphatic heterocycles. The van der Waals surface area contributed by atoms with Crippen LogP contribution >= 0.6 is 0 Å². The number of unbranched alkanes of at least 4 members (excludes halogenated alkanes) is 25. The lowest BCUT2D eigenvalue weighted by Gasteiger charge is -2.20. The number of ether oxygens (including phenoxy) is 5. The lowest BCUT2D eigenvalue weighted by atomic mass is 10.0. The Morgan fingerprint density at radius 2 is 0.878 bits per heavy atom. The number of rotatable bonds is 53. The third-order valence-corrected chi connectivity index (χ3v) is 12.8. The van der Waals surface area contributed by atoms with Gasteiger partial charge in [-0.25, -0.2) is 4.79 Å². The fourth-order valence-electron chi connectivity index (χ4n) is 8.27. The van der Waals surface area contributed by atoms with E-state index < -0.39 is 24.3 Å². The van der Waals surface area contributed by atoms with E-state index in [2.05, 4.69) is 80.4 Å². The minimum absolute atomic E-state index is 0.0364. The number of carbonyl (C=O) groups is 4. The van der Waals surface area contributed by atoms with E-state index in [0.29, 0.717) is 32.2 Å². The maximum atomic E-state index is 13.4. The average molecular weight is 1040 g/mol. The zero-order valence-corrected chi connectivity index (χ0v) is 47.7. The van der Waals surface area contributed by atoms with Gasteiger partial charge in [0, 0.05) is 38.9 Å². The molecule has 0 N–H and O–H groups in total. The van der Waals surface area contributed by atoms with Gasteiger partial charge in [-0.05, 0) is 103 Å². The molecule has 1 atom stereocenters. The largest absolute Gasteiger partial charge is 0.508 e. The number of hydrogen-bond donors (Lipinski definition) is 0. The van der Waals surface area contributed by atoms with Crippen molar-refractivity contribution in [1.82, 2.24) is 4.90 Å². The first-order chi connectivity index (χ1) is 36.2.